The Morgan fingerprint density at radius 1 is 1.29 bits per heavy atom. The van der Waals surface area contributed by atoms with Crippen molar-refractivity contribution in [3.8, 4) is 0 Å². The molecule has 0 radical (unpaired) electrons. The van der Waals surface area contributed by atoms with Gasteiger partial charge in [-0.15, -0.1) is 0 Å². The molecule has 2 aromatic rings. The molecule has 0 saturated carbocycles. The van der Waals surface area contributed by atoms with Crippen molar-refractivity contribution >= 4 is 0 Å². The highest BCUT2D eigenvalue weighted by atomic mass is 15.1. The molecule has 1 unspecified atom stereocenters. The highest BCUT2D eigenvalue weighted by molar-refractivity contribution is 5.20. The van der Waals surface area contributed by atoms with Crippen molar-refractivity contribution < 1.29 is 0 Å². The van der Waals surface area contributed by atoms with Gasteiger partial charge in [0.1, 0.15) is 0 Å². The van der Waals surface area contributed by atoms with E-state index in [4.69, 9.17) is 0 Å². The van der Waals surface area contributed by atoms with Gasteiger partial charge in [0.05, 0.1) is 12.4 Å². The zero-order chi connectivity index (χ0) is 11.9. The largest absolute Gasteiger partial charge is 0.329 e. The van der Waals surface area contributed by atoms with Crippen LogP contribution in [0.2, 0.25) is 0 Å². The number of nitrogens with zero attached hydrogens (tertiary/aromatic N) is 2. The minimum Gasteiger partial charge on any atom is -0.329 e. The van der Waals surface area contributed by atoms with Crippen molar-refractivity contribution in [3.63, 3.8) is 0 Å². The van der Waals surface area contributed by atoms with Crippen LogP contribution < -0.4 is 5.32 Å². The minimum atomic E-state index is 0.324. The second-order valence-electron chi connectivity index (χ2n) is 4.14. The van der Waals surface area contributed by atoms with E-state index in [0.29, 0.717) is 6.04 Å². The van der Waals surface area contributed by atoms with Gasteiger partial charge in [-0.2, -0.15) is 0 Å². The van der Waals surface area contributed by atoms with E-state index >= 15 is 0 Å². The van der Waals surface area contributed by atoms with Crippen LogP contribution in [0.25, 0.3) is 0 Å². The molecule has 0 fully saturated rings. The number of rotatable bonds is 6. The summed E-state index contributed by atoms with van der Waals surface area (Å²) >= 11 is 0. The Labute approximate surface area is 103 Å². The topological polar surface area (TPSA) is 29.9 Å². The molecular weight excluding hydrogens is 210 g/mol. The lowest BCUT2D eigenvalue weighted by Crippen LogP contribution is -2.26. The summed E-state index contributed by atoms with van der Waals surface area (Å²) in [6.45, 7) is 4.17. The molecular formula is C14H19N3. The predicted octanol–water partition coefficient (Wildman–Crippen LogP) is 2.47. The number of imidazole rings is 1. The highest BCUT2D eigenvalue weighted by Crippen LogP contribution is 2.16. The Bertz CT molecular complexity index is 408. The summed E-state index contributed by atoms with van der Waals surface area (Å²) < 4.78 is 2.15. The maximum absolute atomic E-state index is 4.13. The average molecular weight is 229 g/mol. The van der Waals surface area contributed by atoms with Gasteiger partial charge in [0.2, 0.25) is 0 Å². The predicted molar refractivity (Wildman–Crippen MR) is 70.0 cm³/mol. The fraction of sp³-hybridized carbons (Fsp3) is 0.357. The molecule has 90 valence electrons. The molecule has 0 spiro atoms. The van der Waals surface area contributed by atoms with E-state index in [-0.39, 0.29) is 0 Å². The van der Waals surface area contributed by atoms with Crippen LogP contribution in [0.5, 0.6) is 0 Å². The van der Waals surface area contributed by atoms with E-state index in [0.717, 1.165) is 19.5 Å². The monoisotopic (exact) mass is 229 g/mol. The molecule has 1 aromatic heterocycles. The van der Waals surface area contributed by atoms with Crippen LogP contribution in [-0.2, 0) is 0 Å². The SMILES string of the molecule is CCCNCC(c1ccccc1)n1ccnc1. The van der Waals surface area contributed by atoms with Crippen LogP contribution >= 0.6 is 0 Å². The molecule has 1 heterocycles. The lowest BCUT2D eigenvalue weighted by molar-refractivity contribution is 0.520. The van der Waals surface area contributed by atoms with Gasteiger partial charge >= 0.3 is 0 Å². The first kappa shape index (κ1) is 11.9. The molecule has 1 aromatic carbocycles. The lowest BCUT2D eigenvalue weighted by atomic mass is 10.1. The number of hydrogen-bond acceptors (Lipinski definition) is 2. The first-order valence-corrected chi connectivity index (χ1v) is 6.15. The third-order valence-electron chi connectivity index (χ3n) is 2.83. The number of benzene rings is 1. The summed E-state index contributed by atoms with van der Waals surface area (Å²) in [7, 11) is 0. The molecule has 2 rings (SSSR count). The zero-order valence-corrected chi connectivity index (χ0v) is 10.2. The van der Waals surface area contributed by atoms with Gasteiger partial charge in [-0.25, -0.2) is 4.98 Å². The minimum absolute atomic E-state index is 0.324. The quantitative estimate of drug-likeness (QED) is 0.771. The average Bonchev–Trinajstić information content (AvgIpc) is 2.89. The van der Waals surface area contributed by atoms with Gasteiger partial charge < -0.3 is 9.88 Å². The van der Waals surface area contributed by atoms with Crippen LogP contribution in [0.3, 0.4) is 0 Å². The molecule has 0 aliphatic heterocycles. The molecule has 0 saturated heterocycles. The van der Waals surface area contributed by atoms with E-state index in [9.17, 15) is 0 Å². The fourth-order valence-electron chi connectivity index (χ4n) is 1.94. The summed E-state index contributed by atoms with van der Waals surface area (Å²) in [4.78, 5) is 4.13. The second kappa shape index (κ2) is 6.21. The molecule has 1 atom stereocenters. The number of hydrogen-bond donors (Lipinski definition) is 1. The van der Waals surface area contributed by atoms with Gasteiger partial charge in [0.25, 0.3) is 0 Å². The standard InChI is InChI=1S/C14H19N3/c1-2-8-15-11-14(17-10-9-16-12-17)13-6-4-3-5-7-13/h3-7,9-10,12,14-15H,2,8,11H2,1H3. The molecule has 3 nitrogen and oxygen atoms in total. The lowest BCUT2D eigenvalue weighted by Gasteiger charge is -2.19. The van der Waals surface area contributed by atoms with Crippen molar-refractivity contribution in [2.24, 2.45) is 0 Å². The van der Waals surface area contributed by atoms with E-state index in [1.165, 1.54) is 5.56 Å². The Morgan fingerprint density at radius 3 is 2.76 bits per heavy atom. The molecule has 0 amide bonds. The Morgan fingerprint density at radius 2 is 2.12 bits per heavy atom. The van der Waals surface area contributed by atoms with Gasteiger partial charge in [0.15, 0.2) is 0 Å². The van der Waals surface area contributed by atoms with Crippen molar-refractivity contribution in [2.45, 2.75) is 19.4 Å². The first-order chi connectivity index (χ1) is 8.42. The maximum atomic E-state index is 4.13. The summed E-state index contributed by atoms with van der Waals surface area (Å²) in [6, 6.07) is 10.9. The Kier molecular flexibility index (Phi) is 4.33. The van der Waals surface area contributed by atoms with Gasteiger partial charge in [0, 0.05) is 18.9 Å². The Hall–Kier alpha value is -1.61. The molecule has 1 N–H and O–H groups in total. The molecule has 0 aliphatic carbocycles. The summed E-state index contributed by atoms with van der Waals surface area (Å²) in [5.41, 5.74) is 1.31. The smallest absolute Gasteiger partial charge is 0.0952 e. The fourth-order valence-corrected chi connectivity index (χ4v) is 1.94. The van der Waals surface area contributed by atoms with Gasteiger partial charge in [-0.1, -0.05) is 37.3 Å². The van der Waals surface area contributed by atoms with Crippen LogP contribution in [-0.4, -0.2) is 22.6 Å². The Balaban J connectivity index is 2.13. The van der Waals surface area contributed by atoms with Crippen LogP contribution in [0.4, 0.5) is 0 Å². The molecule has 17 heavy (non-hydrogen) atoms. The number of aromatic nitrogens is 2. The first-order valence-electron chi connectivity index (χ1n) is 6.15. The molecule has 3 heteroatoms. The van der Waals surface area contributed by atoms with E-state index in [2.05, 4.69) is 46.1 Å². The number of nitrogens with one attached hydrogen (secondary N) is 1. The summed E-state index contributed by atoms with van der Waals surface area (Å²) in [6.07, 6.45) is 6.89. The van der Waals surface area contributed by atoms with Crippen molar-refractivity contribution in [3.05, 3.63) is 54.6 Å². The van der Waals surface area contributed by atoms with Crippen LogP contribution in [0, 0.1) is 0 Å². The highest BCUT2D eigenvalue weighted by Gasteiger charge is 2.11. The van der Waals surface area contributed by atoms with Crippen LogP contribution in [0.15, 0.2) is 49.1 Å². The third kappa shape index (κ3) is 3.17. The van der Waals surface area contributed by atoms with Gasteiger partial charge in [-0.3, -0.25) is 0 Å². The molecule has 0 aliphatic rings. The van der Waals surface area contributed by atoms with Gasteiger partial charge in [-0.05, 0) is 18.5 Å². The second-order valence-corrected chi connectivity index (χ2v) is 4.14. The van der Waals surface area contributed by atoms with Crippen molar-refractivity contribution in [2.75, 3.05) is 13.1 Å². The van der Waals surface area contributed by atoms with Crippen molar-refractivity contribution in [1.82, 2.24) is 14.9 Å². The zero-order valence-electron chi connectivity index (χ0n) is 10.2. The van der Waals surface area contributed by atoms with Crippen molar-refractivity contribution in [1.29, 1.82) is 0 Å². The summed E-state index contributed by atoms with van der Waals surface area (Å²) in [5.74, 6) is 0. The maximum Gasteiger partial charge on any atom is 0.0952 e. The normalized spacial score (nSPS) is 12.5. The summed E-state index contributed by atoms with van der Waals surface area (Å²) in [5, 5.41) is 3.47. The van der Waals surface area contributed by atoms with E-state index < -0.39 is 0 Å². The van der Waals surface area contributed by atoms with E-state index in [1.807, 2.05) is 24.8 Å². The van der Waals surface area contributed by atoms with E-state index in [1.54, 1.807) is 0 Å². The van der Waals surface area contributed by atoms with Crippen LogP contribution in [0.1, 0.15) is 24.9 Å². The molecule has 0 bridgehead atoms. The third-order valence-corrected chi connectivity index (χ3v) is 2.83.